The van der Waals surface area contributed by atoms with Crippen LogP contribution >= 0.6 is 0 Å². The molecule has 7 heteroatoms. The normalized spacial score (nSPS) is 20.3. The minimum absolute atomic E-state index is 0.198. The van der Waals surface area contributed by atoms with Gasteiger partial charge in [-0.15, -0.1) is 0 Å². The molecule has 1 aliphatic carbocycles. The van der Waals surface area contributed by atoms with E-state index >= 15 is 0 Å². The topological polar surface area (TPSA) is 38.7 Å². The Hall–Kier alpha value is -1.96. The van der Waals surface area contributed by atoms with Crippen LogP contribution < -0.4 is 0 Å². The molecule has 1 N–H and O–H groups in total. The average molecular weight is 410 g/mol. The maximum atomic E-state index is 14.8. The summed E-state index contributed by atoms with van der Waals surface area (Å²) < 4.78 is 69.6. The van der Waals surface area contributed by atoms with Crippen LogP contribution in [0.3, 0.4) is 0 Å². The maximum absolute atomic E-state index is 14.8. The summed E-state index contributed by atoms with van der Waals surface area (Å²) >= 11 is 0. The van der Waals surface area contributed by atoms with Gasteiger partial charge in [-0.25, -0.2) is 17.6 Å². The van der Waals surface area contributed by atoms with Gasteiger partial charge in [0.05, 0.1) is 19.3 Å². The molecule has 2 aliphatic rings. The third-order valence-corrected chi connectivity index (χ3v) is 5.97. The van der Waals surface area contributed by atoms with Gasteiger partial charge in [0.2, 0.25) is 0 Å². The molecular formula is C22H22F4O3. The minimum Gasteiger partial charge on any atom is -0.389 e. The summed E-state index contributed by atoms with van der Waals surface area (Å²) in [6, 6.07) is 5.04. The van der Waals surface area contributed by atoms with Crippen molar-refractivity contribution in [2.24, 2.45) is 0 Å². The van der Waals surface area contributed by atoms with E-state index in [9.17, 15) is 22.7 Å². The Labute approximate surface area is 166 Å². The summed E-state index contributed by atoms with van der Waals surface area (Å²) in [5.41, 5.74) is -0.753. The molecule has 1 saturated carbocycles. The van der Waals surface area contributed by atoms with Gasteiger partial charge in [-0.1, -0.05) is 24.3 Å². The van der Waals surface area contributed by atoms with Gasteiger partial charge >= 0.3 is 0 Å². The molecule has 29 heavy (non-hydrogen) atoms. The molecule has 1 heterocycles. The van der Waals surface area contributed by atoms with Crippen molar-refractivity contribution in [3.05, 3.63) is 58.7 Å². The summed E-state index contributed by atoms with van der Waals surface area (Å²) in [6.07, 6.45) is 1.15. The third-order valence-electron chi connectivity index (χ3n) is 5.97. The Morgan fingerprint density at radius 3 is 2.00 bits per heavy atom. The largest absolute Gasteiger partial charge is 0.389 e. The molecule has 0 amide bonds. The number of halogens is 4. The van der Waals surface area contributed by atoms with Gasteiger partial charge in [0.15, 0.2) is 29.1 Å². The Morgan fingerprint density at radius 2 is 1.41 bits per heavy atom. The van der Waals surface area contributed by atoms with Crippen molar-refractivity contribution >= 4 is 0 Å². The number of rotatable bonds is 3. The second-order valence-corrected chi connectivity index (χ2v) is 7.72. The fraction of sp³-hybridized carbons (Fsp3) is 0.455. The van der Waals surface area contributed by atoms with Crippen LogP contribution in [0.1, 0.15) is 55.8 Å². The van der Waals surface area contributed by atoms with Gasteiger partial charge in [-0.2, -0.15) is 0 Å². The number of benzene rings is 2. The second kappa shape index (κ2) is 7.70. The highest BCUT2D eigenvalue weighted by Crippen LogP contribution is 2.44. The van der Waals surface area contributed by atoms with E-state index < -0.39 is 35.2 Å². The molecule has 1 unspecified atom stereocenters. The van der Waals surface area contributed by atoms with Crippen molar-refractivity contribution in [3.63, 3.8) is 0 Å². The molecule has 4 rings (SSSR count). The average Bonchev–Trinajstić information content (AvgIpc) is 3.15. The first kappa shape index (κ1) is 20.3. The molecule has 0 radical (unpaired) electrons. The fourth-order valence-electron chi connectivity index (χ4n) is 4.34. The van der Waals surface area contributed by atoms with E-state index in [1.807, 2.05) is 0 Å². The molecule has 156 valence electrons. The second-order valence-electron chi connectivity index (χ2n) is 7.72. The number of hydrogen-bond donors (Lipinski definition) is 1. The molecule has 2 aromatic rings. The molecule has 0 aromatic heterocycles. The van der Waals surface area contributed by atoms with E-state index in [1.54, 1.807) is 0 Å². The van der Waals surface area contributed by atoms with Gasteiger partial charge in [-0.05, 0) is 31.2 Å². The maximum Gasteiger partial charge on any atom is 0.168 e. The zero-order valence-corrected chi connectivity index (χ0v) is 16.0. The monoisotopic (exact) mass is 410 g/mol. The van der Waals surface area contributed by atoms with E-state index in [2.05, 4.69) is 0 Å². The van der Waals surface area contributed by atoms with Crippen LogP contribution in [0.25, 0.3) is 11.1 Å². The van der Waals surface area contributed by atoms with E-state index in [-0.39, 0.29) is 28.2 Å². The number of aliphatic hydroxyl groups excluding tert-OH is 1. The molecule has 2 aromatic carbocycles. The van der Waals surface area contributed by atoms with Crippen molar-refractivity contribution in [1.82, 2.24) is 0 Å². The predicted octanol–water partition coefficient (Wildman–Crippen LogP) is 5.36. The molecule has 0 bridgehead atoms. The predicted molar refractivity (Wildman–Crippen MR) is 98.2 cm³/mol. The van der Waals surface area contributed by atoms with Gasteiger partial charge in [0.1, 0.15) is 0 Å². The Bertz CT molecular complexity index is 913. The van der Waals surface area contributed by atoms with Gasteiger partial charge in [0.25, 0.3) is 0 Å². The van der Waals surface area contributed by atoms with Crippen molar-refractivity contribution < 1.29 is 32.1 Å². The van der Waals surface area contributed by atoms with Crippen LogP contribution in [-0.4, -0.2) is 24.1 Å². The molecule has 3 nitrogen and oxygen atoms in total. The van der Waals surface area contributed by atoms with Gasteiger partial charge in [-0.3, -0.25) is 0 Å². The van der Waals surface area contributed by atoms with Crippen molar-refractivity contribution in [3.8, 4) is 11.1 Å². The number of aliphatic hydroxyl groups is 1. The summed E-state index contributed by atoms with van der Waals surface area (Å²) in [6.45, 7) is 2.37. The van der Waals surface area contributed by atoms with Crippen LogP contribution in [0, 0.1) is 23.3 Å². The zero-order chi connectivity index (χ0) is 20.8. The first-order chi connectivity index (χ1) is 13.8. The Morgan fingerprint density at radius 1 is 0.862 bits per heavy atom. The van der Waals surface area contributed by atoms with Crippen LogP contribution in [0.15, 0.2) is 24.3 Å². The first-order valence-electron chi connectivity index (χ1n) is 9.75. The standard InChI is InChI=1S/C22H22F4O3/c1-12(27)14-2-4-16(20(25)18(14)23)17-5-3-15(19(24)21(17)26)13-6-8-22(9-7-13)28-10-11-29-22/h2-5,12-13,27H,6-11H2,1H3. The summed E-state index contributed by atoms with van der Waals surface area (Å²) in [5.74, 6) is -5.63. The lowest BCUT2D eigenvalue weighted by Crippen LogP contribution is -2.34. The minimum atomic E-state index is -1.32. The lowest BCUT2D eigenvalue weighted by Gasteiger charge is -2.35. The number of ether oxygens (including phenoxy) is 2. The van der Waals surface area contributed by atoms with E-state index in [0.29, 0.717) is 38.9 Å². The van der Waals surface area contributed by atoms with Crippen LogP contribution in [0.2, 0.25) is 0 Å². The smallest absolute Gasteiger partial charge is 0.168 e. The first-order valence-corrected chi connectivity index (χ1v) is 9.75. The molecular weight excluding hydrogens is 388 g/mol. The zero-order valence-electron chi connectivity index (χ0n) is 16.0. The Balaban J connectivity index is 1.62. The van der Waals surface area contributed by atoms with Crippen molar-refractivity contribution in [2.75, 3.05) is 13.2 Å². The molecule has 2 fully saturated rings. The molecule has 1 spiro atoms. The quantitative estimate of drug-likeness (QED) is 0.692. The van der Waals surface area contributed by atoms with Crippen molar-refractivity contribution in [1.29, 1.82) is 0 Å². The molecule has 1 atom stereocenters. The van der Waals surface area contributed by atoms with Crippen LogP contribution in [-0.2, 0) is 9.47 Å². The lowest BCUT2D eigenvalue weighted by atomic mass is 9.80. The van der Waals surface area contributed by atoms with Gasteiger partial charge in [0, 0.05) is 29.5 Å². The highest BCUT2D eigenvalue weighted by atomic mass is 19.2. The third kappa shape index (κ3) is 3.56. The van der Waals surface area contributed by atoms with Gasteiger partial charge < -0.3 is 14.6 Å². The molecule has 1 aliphatic heterocycles. The van der Waals surface area contributed by atoms with E-state index in [0.717, 1.165) is 6.07 Å². The van der Waals surface area contributed by atoms with Crippen LogP contribution in [0.5, 0.6) is 0 Å². The fourth-order valence-corrected chi connectivity index (χ4v) is 4.34. The summed E-state index contributed by atoms with van der Waals surface area (Å²) in [7, 11) is 0. The Kier molecular flexibility index (Phi) is 5.40. The van der Waals surface area contributed by atoms with E-state index in [1.165, 1.54) is 25.1 Å². The highest BCUT2D eigenvalue weighted by molar-refractivity contribution is 5.66. The van der Waals surface area contributed by atoms with Crippen LogP contribution in [0.4, 0.5) is 17.6 Å². The summed E-state index contributed by atoms with van der Waals surface area (Å²) in [4.78, 5) is 0. The highest BCUT2D eigenvalue weighted by Gasteiger charge is 2.41. The molecule has 1 saturated heterocycles. The lowest BCUT2D eigenvalue weighted by molar-refractivity contribution is -0.178. The SMILES string of the molecule is CC(O)c1ccc(-c2ccc(C3CCC4(CC3)OCCO4)c(F)c2F)c(F)c1F. The van der Waals surface area contributed by atoms with E-state index in [4.69, 9.17) is 9.47 Å². The van der Waals surface area contributed by atoms with Crippen molar-refractivity contribution in [2.45, 2.75) is 50.4 Å². The summed E-state index contributed by atoms with van der Waals surface area (Å²) in [5, 5.41) is 9.49. The number of hydrogen-bond acceptors (Lipinski definition) is 3.